The molecule has 1 amide bonds. The molecule has 0 unspecified atom stereocenters. The molecular weight excluding hydrogens is 341 g/mol. The van der Waals surface area contributed by atoms with Crippen LogP contribution in [0.25, 0.3) is 11.3 Å². The topological polar surface area (TPSA) is 90.1 Å². The van der Waals surface area contributed by atoms with Gasteiger partial charge in [-0.3, -0.25) is 4.79 Å². The Hall–Kier alpha value is -3.43. The van der Waals surface area contributed by atoms with Crippen molar-refractivity contribution in [3.8, 4) is 17.0 Å². The Labute approximate surface area is 138 Å². The van der Waals surface area contributed by atoms with Crippen molar-refractivity contribution in [2.24, 2.45) is 0 Å². The zero-order chi connectivity index (χ0) is 17.9. The van der Waals surface area contributed by atoms with Crippen LogP contribution < -0.4 is 10.1 Å². The van der Waals surface area contributed by atoms with Crippen molar-refractivity contribution in [1.29, 1.82) is 0 Å². The first-order valence-electron chi connectivity index (χ1n) is 6.82. The molecule has 0 saturated heterocycles. The van der Waals surface area contributed by atoms with E-state index in [1.165, 1.54) is 42.7 Å². The number of amides is 1. The minimum absolute atomic E-state index is 0.0890. The molecule has 0 atom stereocenters. The smallest absolute Gasteiger partial charge is 0.406 e. The Morgan fingerprint density at radius 2 is 1.80 bits per heavy atom. The molecule has 2 aromatic heterocycles. The summed E-state index contributed by atoms with van der Waals surface area (Å²) in [4.78, 5) is 11.8. The Bertz CT molecular complexity index is 847. The van der Waals surface area contributed by atoms with Gasteiger partial charge in [0.2, 0.25) is 0 Å². The molecular formula is C15H9F3N4O3. The molecule has 10 heteroatoms. The average Bonchev–Trinajstić information content (AvgIpc) is 3.09. The fourth-order valence-electron chi connectivity index (χ4n) is 1.89. The Balaban J connectivity index is 1.69. The quantitative estimate of drug-likeness (QED) is 0.777. The van der Waals surface area contributed by atoms with Crippen molar-refractivity contribution in [3.05, 3.63) is 54.4 Å². The fourth-order valence-corrected chi connectivity index (χ4v) is 1.89. The molecule has 0 spiro atoms. The van der Waals surface area contributed by atoms with Gasteiger partial charge in [0, 0.05) is 11.6 Å². The maximum absolute atomic E-state index is 12.1. The highest BCUT2D eigenvalue weighted by molar-refractivity contribution is 6.02. The molecule has 3 aromatic rings. The summed E-state index contributed by atoms with van der Waals surface area (Å²) in [6, 6.07) is 9.63. The highest BCUT2D eigenvalue weighted by atomic mass is 19.4. The maximum atomic E-state index is 12.1. The normalized spacial score (nSPS) is 11.2. The van der Waals surface area contributed by atoms with Gasteiger partial charge in [0.25, 0.3) is 5.91 Å². The second-order valence-corrected chi connectivity index (χ2v) is 4.71. The van der Waals surface area contributed by atoms with E-state index in [2.05, 4.69) is 29.9 Å². The first kappa shape index (κ1) is 16.4. The highest BCUT2D eigenvalue weighted by Crippen LogP contribution is 2.25. The van der Waals surface area contributed by atoms with Crippen LogP contribution in [-0.4, -0.2) is 27.6 Å². The van der Waals surface area contributed by atoms with Gasteiger partial charge < -0.3 is 14.6 Å². The lowest BCUT2D eigenvalue weighted by Gasteiger charge is -2.09. The van der Waals surface area contributed by atoms with E-state index in [9.17, 15) is 18.0 Å². The van der Waals surface area contributed by atoms with Crippen LogP contribution >= 0.6 is 0 Å². The van der Waals surface area contributed by atoms with Crippen molar-refractivity contribution in [2.75, 3.05) is 5.32 Å². The second-order valence-electron chi connectivity index (χ2n) is 4.71. The first-order valence-corrected chi connectivity index (χ1v) is 6.82. The van der Waals surface area contributed by atoms with E-state index >= 15 is 0 Å². The van der Waals surface area contributed by atoms with Crippen LogP contribution in [0.2, 0.25) is 0 Å². The zero-order valence-electron chi connectivity index (χ0n) is 12.3. The third-order valence-corrected chi connectivity index (χ3v) is 2.96. The lowest BCUT2D eigenvalue weighted by molar-refractivity contribution is -0.274. The van der Waals surface area contributed by atoms with Crippen LogP contribution in [0, 0.1) is 0 Å². The van der Waals surface area contributed by atoms with Crippen LogP contribution in [-0.2, 0) is 0 Å². The minimum Gasteiger partial charge on any atom is -0.406 e. The molecule has 3 rings (SSSR count). The number of carbonyl (C=O) groups excluding carboxylic acids is 1. The monoisotopic (exact) mass is 350 g/mol. The highest BCUT2D eigenvalue weighted by Gasteiger charge is 2.30. The zero-order valence-corrected chi connectivity index (χ0v) is 12.3. The summed E-state index contributed by atoms with van der Waals surface area (Å²) in [5.74, 6) is -0.654. The van der Waals surface area contributed by atoms with Gasteiger partial charge >= 0.3 is 6.36 Å². The van der Waals surface area contributed by atoms with Gasteiger partial charge in [0.1, 0.15) is 12.0 Å². The van der Waals surface area contributed by atoms with E-state index in [-0.39, 0.29) is 17.3 Å². The molecule has 1 N–H and O–H groups in total. The number of anilines is 1. The Morgan fingerprint density at radius 3 is 2.36 bits per heavy atom. The molecule has 25 heavy (non-hydrogen) atoms. The van der Waals surface area contributed by atoms with E-state index in [0.29, 0.717) is 11.3 Å². The molecule has 2 heterocycles. The third kappa shape index (κ3) is 4.31. The summed E-state index contributed by atoms with van der Waals surface area (Å²) < 4.78 is 44.7. The molecule has 1 aromatic carbocycles. The van der Waals surface area contributed by atoms with E-state index in [0.717, 1.165) is 0 Å². The number of carbonyl (C=O) groups is 1. The number of hydrogen-bond donors (Lipinski definition) is 1. The number of alkyl halides is 3. The summed E-state index contributed by atoms with van der Waals surface area (Å²) in [6.45, 7) is 0. The second kappa shape index (κ2) is 6.59. The molecule has 0 aliphatic carbocycles. The van der Waals surface area contributed by atoms with E-state index < -0.39 is 12.3 Å². The van der Waals surface area contributed by atoms with Crippen molar-refractivity contribution in [2.45, 2.75) is 6.36 Å². The maximum Gasteiger partial charge on any atom is 0.573 e. The van der Waals surface area contributed by atoms with E-state index in [1.807, 2.05) is 0 Å². The molecule has 0 bridgehead atoms. The number of halogens is 3. The molecule has 0 aliphatic heterocycles. The average molecular weight is 350 g/mol. The third-order valence-electron chi connectivity index (χ3n) is 2.96. The van der Waals surface area contributed by atoms with Crippen molar-refractivity contribution >= 4 is 11.7 Å². The van der Waals surface area contributed by atoms with Gasteiger partial charge in [-0.1, -0.05) is 5.16 Å². The van der Waals surface area contributed by atoms with Crippen molar-refractivity contribution < 1.29 is 27.2 Å². The van der Waals surface area contributed by atoms with Crippen LogP contribution in [0.15, 0.2) is 53.3 Å². The van der Waals surface area contributed by atoms with E-state index in [4.69, 9.17) is 0 Å². The molecule has 0 aliphatic rings. The van der Waals surface area contributed by atoms with E-state index in [1.54, 1.807) is 6.07 Å². The predicted octanol–water partition coefficient (Wildman–Crippen LogP) is 3.28. The first-order chi connectivity index (χ1) is 11.9. The summed E-state index contributed by atoms with van der Waals surface area (Å²) >= 11 is 0. The largest absolute Gasteiger partial charge is 0.573 e. The van der Waals surface area contributed by atoms with Gasteiger partial charge in [-0.2, -0.15) is 0 Å². The molecule has 0 saturated carbocycles. The standard InChI is InChI=1S/C15H9F3N4O3/c16-15(17,18)25-10-3-1-9(2-4-10)11-5-6-13(21-20-11)19-14(23)12-7-8-24-22-12/h1-8H,(H,19,21,23). The number of ether oxygens (including phenoxy) is 1. The van der Waals surface area contributed by atoms with Gasteiger partial charge in [0.15, 0.2) is 11.5 Å². The lowest BCUT2D eigenvalue weighted by atomic mass is 10.1. The van der Waals surface area contributed by atoms with Crippen molar-refractivity contribution in [1.82, 2.24) is 15.4 Å². The van der Waals surface area contributed by atoms with Crippen LogP contribution in [0.5, 0.6) is 5.75 Å². The SMILES string of the molecule is O=C(Nc1ccc(-c2ccc(OC(F)(F)F)cc2)nn1)c1ccon1. The number of aromatic nitrogens is 3. The molecule has 128 valence electrons. The fraction of sp³-hybridized carbons (Fsp3) is 0.0667. The molecule has 7 nitrogen and oxygen atoms in total. The van der Waals surface area contributed by atoms with Gasteiger partial charge in [-0.25, -0.2) is 0 Å². The summed E-state index contributed by atoms with van der Waals surface area (Å²) in [6.07, 6.45) is -3.49. The Morgan fingerprint density at radius 1 is 1.04 bits per heavy atom. The van der Waals surface area contributed by atoms with Crippen LogP contribution in [0.1, 0.15) is 10.5 Å². The summed E-state index contributed by atoms with van der Waals surface area (Å²) in [7, 11) is 0. The predicted molar refractivity (Wildman–Crippen MR) is 78.6 cm³/mol. The number of nitrogens with zero attached hydrogens (tertiary/aromatic N) is 3. The Kier molecular flexibility index (Phi) is 4.33. The molecule has 0 radical (unpaired) electrons. The van der Waals surface area contributed by atoms with Crippen molar-refractivity contribution in [3.63, 3.8) is 0 Å². The number of hydrogen-bond acceptors (Lipinski definition) is 6. The van der Waals surface area contributed by atoms with Crippen LogP contribution in [0.3, 0.4) is 0 Å². The summed E-state index contributed by atoms with van der Waals surface area (Å²) in [5, 5.41) is 13.7. The number of benzene rings is 1. The number of nitrogens with one attached hydrogen (secondary N) is 1. The van der Waals surface area contributed by atoms with Crippen LogP contribution in [0.4, 0.5) is 19.0 Å². The van der Waals surface area contributed by atoms with Gasteiger partial charge in [-0.15, -0.1) is 23.4 Å². The molecule has 0 fully saturated rings. The summed E-state index contributed by atoms with van der Waals surface area (Å²) in [5.41, 5.74) is 1.04. The van der Waals surface area contributed by atoms with Gasteiger partial charge in [0.05, 0.1) is 5.69 Å². The van der Waals surface area contributed by atoms with Gasteiger partial charge in [-0.05, 0) is 36.4 Å². The lowest BCUT2D eigenvalue weighted by Crippen LogP contribution is -2.16. The number of rotatable bonds is 4. The minimum atomic E-state index is -4.75.